The van der Waals surface area contributed by atoms with E-state index in [0.717, 1.165) is 21.8 Å². The SMILES string of the molecule is O=C(Nc1ccc(-c2csc(-c3ccccc3)n2)cc1)C1CC(=O)N(c2ccc3c(c2)OCO3)C1. The van der Waals surface area contributed by atoms with Gasteiger partial charge < -0.3 is 19.7 Å². The molecule has 2 aliphatic heterocycles. The number of benzene rings is 3. The topological polar surface area (TPSA) is 80.8 Å². The molecule has 1 atom stereocenters. The molecule has 4 aromatic rings. The Labute approximate surface area is 206 Å². The molecule has 3 heterocycles. The van der Waals surface area contributed by atoms with Crippen molar-refractivity contribution in [1.29, 1.82) is 0 Å². The van der Waals surface area contributed by atoms with Gasteiger partial charge in [-0.15, -0.1) is 11.3 Å². The number of nitrogens with one attached hydrogen (secondary N) is 1. The summed E-state index contributed by atoms with van der Waals surface area (Å²) in [5, 5.41) is 5.95. The summed E-state index contributed by atoms with van der Waals surface area (Å²) in [6.45, 7) is 0.497. The van der Waals surface area contributed by atoms with Gasteiger partial charge >= 0.3 is 0 Å². The van der Waals surface area contributed by atoms with Crippen LogP contribution in [0.25, 0.3) is 21.8 Å². The first-order valence-electron chi connectivity index (χ1n) is 11.3. The summed E-state index contributed by atoms with van der Waals surface area (Å²) in [5.41, 5.74) is 4.36. The second kappa shape index (κ2) is 8.88. The zero-order valence-corrected chi connectivity index (χ0v) is 19.5. The molecule has 2 aliphatic rings. The van der Waals surface area contributed by atoms with Gasteiger partial charge in [-0.25, -0.2) is 4.98 Å². The van der Waals surface area contributed by atoms with E-state index >= 15 is 0 Å². The molecule has 1 unspecified atom stereocenters. The fourth-order valence-corrected chi connectivity index (χ4v) is 5.11. The van der Waals surface area contributed by atoms with Gasteiger partial charge in [0, 0.05) is 46.9 Å². The van der Waals surface area contributed by atoms with Gasteiger partial charge in [0.1, 0.15) is 5.01 Å². The zero-order valence-electron chi connectivity index (χ0n) is 18.6. The number of aromatic nitrogens is 1. The zero-order chi connectivity index (χ0) is 23.8. The number of hydrogen-bond acceptors (Lipinski definition) is 6. The Morgan fingerprint density at radius 1 is 0.971 bits per heavy atom. The van der Waals surface area contributed by atoms with E-state index in [1.807, 2.05) is 66.0 Å². The summed E-state index contributed by atoms with van der Waals surface area (Å²) in [7, 11) is 0. The van der Waals surface area contributed by atoms with Crippen LogP contribution < -0.4 is 19.7 Å². The molecule has 1 N–H and O–H groups in total. The predicted octanol–water partition coefficient (Wildman–Crippen LogP) is 5.20. The van der Waals surface area contributed by atoms with Gasteiger partial charge in [-0.1, -0.05) is 42.5 Å². The second-order valence-corrected chi connectivity index (χ2v) is 9.27. The highest BCUT2D eigenvalue weighted by Gasteiger charge is 2.35. The van der Waals surface area contributed by atoms with Crippen LogP contribution in [0.15, 0.2) is 78.2 Å². The molecule has 0 radical (unpaired) electrons. The molecule has 1 fully saturated rings. The van der Waals surface area contributed by atoms with Crippen molar-refractivity contribution in [2.24, 2.45) is 5.92 Å². The number of nitrogens with zero attached hydrogens (tertiary/aromatic N) is 2. The fourth-order valence-electron chi connectivity index (χ4n) is 4.27. The molecule has 8 heteroatoms. The maximum absolute atomic E-state index is 12.9. The number of rotatable bonds is 5. The van der Waals surface area contributed by atoms with Crippen molar-refractivity contribution in [3.05, 3.63) is 78.2 Å². The number of amides is 2. The molecule has 35 heavy (non-hydrogen) atoms. The van der Waals surface area contributed by atoms with E-state index in [9.17, 15) is 9.59 Å². The second-order valence-electron chi connectivity index (χ2n) is 8.41. The third-order valence-corrected chi connectivity index (χ3v) is 7.03. The predicted molar refractivity (Wildman–Crippen MR) is 135 cm³/mol. The molecule has 1 saturated heterocycles. The average molecular weight is 484 g/mol. The first-order valence-corrected chi connectivity index (χ1v) is 12.1. The maximum Gasteiger partial charge on any atom is 0.231 e. The Morgan fingerprint density at radius 2 is 1.77 bits per heavy atom. The Kier molecular flexibility index (Phi) is 5.42. The Morgan fingerprint density at radius 3 is 2.60 bits per heavy atom. The van der Waals surface area contributed by atoms with Gasteiger partial charge in [-0.2, -0.15) is 0 Å². The molecule has 2 amide bonds. The Bertz CT molecular complexity index is 1400. The normalized spacial score (nSPS) is 16.5. The van der Waals surface area contributed by atoms with Crippen LogP contribution in [0.3, 0.4) is 0 Å². The van der Waals surface area contributed by atoms with E-state index in [-0.39, 0.29) is 25.0 Å². The average Bonchev–Trinajstić information content (AvgIpc) is 3.64. The first kappa shape index (κ1) is 21.4. The lowest BCUT2D eigenvalue weighted by molar-refractivity contribution is -0.122. The van der Waals surface area contributed by atoms with E-state index in [1.54, 1.807) is 28.4 Å². The first-order chi connectivity index (χ1) is 17.1. The molecule has 0 bridgehead atoms. The van der Waals surface area contributed by atoms with Crippen molar-refractivity contribution in [1.82, 2.24) is 4.98 Å². The summed E-state index contributed by atoms with van der Waals surface area (Å²) in [6, 6.07) is 23.1. The molecular weight excluding hydrogens is 462 g/mol. The van der Waals surface area contributed by atoms with Crippen LogP contribution in [0, 0.1) is 5.92 Å². The monoisotopic (exact) mass is 483 g/mol. The van der Waals surface area contributed by atoms with E-state index in [1.165, 1.54) is 0 Å². The number of carbonyl (C=O) groups is 2. The Hall–Kier alpha value is -4.17. The molecule has 174 valence electrons. The van der Waals surface area contributed by atoms with Crippen molar-refractivity contribution in [2.75, 3.05) is 23.6 Å². The summed E-state index contributed by atoms with van der Waals surface area (Å²) < 4.78 is 10.7. The van der Waals surface area contributed by atoms with Gasteiger partial charge in [0.05, 0.1) is 11.6 Å². The van der Waals surface area contributed by atoms with Crippen LogP contribution in [-0.4, -0.2) is 30.1 Å². The van der Waals surface area contributed by atoms with Gasteiger partial charge in [-0.05, 0) is 24.3 Å². The van der Waals surface area contributed by atoms with Crippen molar-refractivity contribution < 1.29 is 19.1 Å². The third kappa shape index (κ3) is 4.24. The lowest BCUT2D eigenvalue weighted by Crippen LogP contribution is -2.28. The number of carbonyl (C=O) groups excluding carboxylic acids is 2. The van der Waals surface area contributed by atoms with Crippen molar-refractivity contribution in [3.63, 3.8) is 0 Å². The molecular formula is C27H21N3O4S. The van der Waals surface area contributed by atoms with Crippen LogP contribution in [0.4, 0.5) is 11.4 Å². The lowest BCUT2D eigenvalue weighted by atomic mass is 10.1. The van der Waals surface area contributed by atoms with Crippen LogP contribution in [0.1, 0.15) is 6.42 Å². The number of fused-ring (bicyclic) bond motifs is 1. The van der Waals surface area contributed by atoms with Gasteiger partial charge in [0.25, 0.3) is 0 Å². The molecule has 0 spiro atoms. The van der Waals surface area contributed by atoms with Crippen molar-refractivity contribution in [3.8, 4) is 33.3 Å². The van der Waals surface area contributed by atoms with Crippen molar-refractivity contribution in [2.45, 2.75) is 6.42 Å². The van der Waals surface area contributed by atoms with Crippen LogP contribution >= 0.6 is 11.3 Å². The van der Waals surface area contributed by atoms with Gasteiger partial charge in [-0.3, -0.25) is 9.59 Å². The summed E-state index contributed by atoms with van der Waals surface area (Å²) >= 11 is 1.60. The molecule has 0 saturated carbocycles. The minimum Gasteiger partial charge on any atom is -0.454 e. The van der Waals surface area contributed by atoms with Gasteiger partial charge in [0.15, 0.2) is 11.5 Å². The smallest absolute Gasteiger partial charge is 0.231 e. The molecule has 6 rings (SSSR count). The van der Waals surface area contributed by atoms with E-state index in [0.29, 0.717) is 29.4 Å². The summed E-state index contributed by atoms with van der Waals surface area (Å²) in [4.78, 5) is 31.9. The maximum atomic E-state index is 12.9. The molecule has 1 aromatic heterocycles. The quantitative estimate of drug-likeness (QED) is 0.422. The van der Waals surface area contributed by atoms with Gasteiger partial charge in [0.2, 0.25) is 18.6 Å². The number of thiazole rings is 1. The third-order valence-electron chi connectivity index (χ3n) is 6.14. The highest BCUT2D eigenvalue weighted by Crippen LogP contribution is 2.37. The van der Waals surface area contributed by atoms with Crippen molar-refractivity contribution >= 4 is 34.5 Å². The standard InChI is InChI=1S/C27H21N3O4S/c31-25-12-19(14-30(25)21-10-11-23-24(13-21)34-16-33-23)26(32)28-20-8-6-17(7-9-20)22-15-35-27(29-22)18-4-2-1-3-5-18/h1-11,13,15,19H,12,14,16H2,(H,28,32). The minimum absolute atomic E-state index is 0.0860. The lowest BCUT2D eigenvalue weighted by Gasteiger charge is -2.17. The van der Waals surface area contributed by atoms with E-state index < -0.39 is 5.92 Å². The summed E-state index contributed by atoms with van der Waals surface area (Å²) in [6.07, 6.45) is 0.166. The molecule has 0 aliphatic carbocycles. The number of ether oxygens (including phenoxy) is 2. The van der Waals surface area contributed by atoms with Crippen LogP contribution in [0.5, 0.6) is 11.5 Å². The van der Waals surface area contributed by atoms with Crippen LogP contribution in [0.2, 0.25) is 0 Å². The van der Waals surface area contributed by atoms with E-state index in [2.05, 4.69) is 5.32 Å². The molecule has 7 nitrogen and oxygen atoms in total. The fraction of sp³-hybridized carbons (Fsp3) is 0.148. The largest absolute Gasteiger partial charge is 0.454 e. The van der Waals surface area contributed by atoms with E-state index in [4.69, 9.17) is 14.5 Å². The number of hydrogen-bond donors (Lipinski definition) is 1. The number of anilines is 2. The highest BCUT2D eigenvalue weighted by molar-refractivity contribution is 7.13. The summed E-state index contributed by atoms with van der Waals surface area (Å²) in [5.74, 6) is 0.581. The highest BCUT2D eigenvalue weighted by atomic mass is 32.1. The Balaban J connectivity index is 1.11. The molecule has 3 aromatic carbocycles. The van der Waals surface area contributed by atoms with Crippen LogP contribution in [-0.2, 0) is 9.59 Å². The minimum atomic E-state index is -0.431.